The van der Waals surface area contributed by atoms with E-state index in [1.165, 1.54) is 32.1 Å². The summed E-state index contributed by atoms with van der Waals surface area (Å²) in [5, 5.41) is 0.975. The van der Waals surface area contributed by atoms with Gasteiger partial charge in [-0.3, -0.25) is 0 Å². The Bertz CT molecular complexity index is 63.5. The Hall–Kier alpha value is 1.11. The first kappa shape index (κ1) is 15.6. The number of unbranched alkanes of at least 4 members (excludes halogenated alkanes) is 4. The maximum atomic E-state index is 5.26. The van der Waals surface area contributed by atoms with Crippen LogP contribution in [-0.4, -0.2) is 21.1 Å². The predicted molar refractivity (Wildman–Crippen MR) is 63.3 cm³/mol. The van der Waals surface area contributed by atoms with Crippen LogP contribution < -0.4 is 0 Å². The molecule has 0 aromatic heterocycles. The third-order valence-corrected chi connectivity index (χ3v) is 3.98. The molecule has 12 heavy (non-hydrogen) atoms. The fourth-order valence-corrected chi connectivity index (χ4v) is 0.677. The predicted octanol–water partition coefficient (Wildman–Crippen LogP) is 3.82. The fraction of sp³-hybridized carbons (Fsp3) is 1.00. The summed E-state index contributed by atoms with van der Waals surface area (Å²) in [5.41, 5.74) is 0. The molecule has 0 radical (unpaired) electrons. The summed E-state index contributed by atoms with van der Waals surface area (Å²) in [5.74, 6) is 0. The van der Waals surface area contributed by atoms with E-state index in [1.54, 1.807) is 0 Å². The van der Waals surface area contributed by atoms with Crippen molar-refractivity contribution in [3.05, 3.63) is 0 Å². The lowest BCUT2D eigenvalue weighted by atomic mass is 10.2. The highest BCUT2D eigenvalue weighted by molar-refractivity contribution is 6.46. The Balaban J connectivity index is 0. The van der Waals surface area contributed by atoms with Gasteiger partial charge in [-0.05, 0) is 0 Å². The lowest BCUT2D eigenvalue weighted by Crippen LogP contribution is -1.79. The van der Waals surface area contributed by atoms with Crippen molar-refractivity contribution in [2.75, 3.05) is 0 Å². The van der Waals surface area contributed by atoms with Gasteiger partial charge in [0.15, 0.2) is 0 Å². The summed E-state index contributed by atoms with van der Waals surface area (Å²) in [6, 6.07) is 0. The highest BCUT2D eigenvalue weighted by Crippen LogP contribution is 2.02. The lowest BCUT2D eigenvalue weighted by molar-refractivity contribution is 0.656. The maximum absolute atomic E-state index is 5.26. The average molecular weight is 227 g/mol. The van der Waals surface area contributed by atoms with Crippen molar-refractivity contribution in [3.8, 4) is 0 Å². The standard InChI is InChI=1S/C7H16.C2H3Cl2.Al.2H/c1-3-5-7-6-4-2;1-2(3)4;;;/h3-7H2,1-2H3;2H,1H2;;;. The first-order valence-electron chi connectivity index (χ1n) is 4.97. The van der Waals surface area contributed by atoms with Gasteiger partial charge in [0.05, 0.1) is 4.84 Å². The first-order chi connectivity index (χ1) is 5.68. The Kier molecular flexibility index (Phi) is 19.0. The van der Waals surface area contributed by atoms with E-state index in [9.17, 15) is 0 Å². The molecule has 0 aliphatic heterocycles. The smallest absolute Gasteiger partial charge is 0.107 e. The minimum Gasteiger partial charge on any atom is -0.107 e. The summed E-state index contributed by atoms with van der Waals surface area (Å²) >= 11 is 11.6. The molecule has 0 bridgehead atoms. The monoisotopic (exact) mass is 226 g/mol. The zero-order chi connectivity index (χ0) is 9.82. The summed E-state index contributed by atoms with van der Waals surface area (Å²) in [6.45, 7) is 4.49. The molecular formula is C9H21AlCl2. The van der Waals surface area contributed by atoms with Crippen LogP contribution >= 0.6 is 23.2 Å². The molecule has 0 amide bonds. The summed E-state index contributed by atoms with van der Waals surface area (Å²) in [6.07, 6.45) is 7.01. The van der Waals surface area contributed by atoms with Crippen LogP contribution in [0.25, 0.3) is 0 Å². The third-order valence-electron chi connectivity index (χ3n) is 1.52. The molecule has 0 N–H and O–H groups in total. The third kappa shape index (κ3) is 22.5. The molecule has 0 nitrogen and oxygen atoms in total. The van der Waals surface area contributed by atoms with E-state index in [-0.39, 0.29) is 4.84 Å². The molecule has 0 aromatic carbocycles. The molecule has 0 atom stereocenters. The van der Waals surface area contributed by atoms with Crippen LogP contribution in [0.15, 0.2) is 0 Å². The number of hydrogen-bond acceptors (Lipinski definition) is 0. The van der Waals surface area contributed by atoms with Gasteiger partial charge in [-0.2, -0.15) is 0 Å². The van der Waals surface area contributed by atoms with Crippen LogP contribution in [0.4, 0.5) is 0 Å². The second kappa shape index (κ2) is 14.6. The zero-order valence-electron chi connectivity index (χ0n) is 8.58. The Labute approximate surface area is 95.4 Å². The van der Waals surface area contributed by atoms with E-state index in [0.717, 1.165) is 21.6 Å². The highest BCUT2D eigenvalue weighted by Gasteiger charge is 1.87. The average Bonchev–Trinajstić information content (AvgIpc) is 2.07. The van der Waals surface area contributed by atoms with Gasteiger partial charge in [0, 0.05) is 0 Å². The number of alkyl halides is 2. The number of rotatable bonds is 5. The van der Waals surface area contributed by atoms with Gasteiger partial charge in [0.25, 0.3) is 0 Å². The molecule has 0 saturated heterocycles. The van der Waals surface area contributed by atoms with Crippen LogP contribution in [0, 0.1) is 0 Å². The van der Waals surface area contributed by atoms with Crippen molar-refractivity contribution in [2.45, 2.75) is 56.1 Å². The minimum absolute atomic E-state index is 0.110. The zero-order valence-corrected chi connectivity index (χ0v) is 12.1. The molecule has 0 fully saturated rings. The van der Waals surface area contributed by atoms with Crippen LogP contribution in [0.5, 0.6) is 0 Å². The van der Waals surface area contributed by atoms with Crippen molar-refractivity contribution in [1.29, 1.82) is 0 Å². The van der Waals surface area contributed by atoms with Crippen molar-refractivity contribution < 1.29 is 0 Å². The molecule has 0 unspecified atom stereocenters. The van der Waals surface area contributed by atoms with Gasteiger partial charge in [-0.15, -0.1) is 23.2 Å². The molecule has 3 heteroatoms. The molecule has 0 aliphatic rings. The second-order valence-corrected chi connectivity index (χ2v) is 4.95. The Morgan fingerprint density at radius 3 is 1.50 bits per heavy atom. The number of halogens is 2. The SMILES string of the molecule is CCCCCCC.[AlH2][CH2]C(Cl)Cl. The maximum Gasteiger partial charge on any atom is 0.216 e. The summed E-state index contributed by atoms with van der Waals surface area (Å²) < 4.78 is 0. The topological polar surface area (TPSA) is 0 Å². The fourth-order valence-electron chi connectivity index (χ4n) is 0.677. The van der Waals surface area contributed by atoms with Crippen molar-refractivity contribution in [1.82, 2.24) is 0 Å². The summed E-state index contributed by atoms with van der Waals surface area (Å²) in [4.78, 5) is -0.110. The van der Waals surface area contributed by atoms with Crippen LogP contribution in [0.1, 0.15) is 46.0 Å². The van der Waals surface area contributed by atoms with Gasteiger partial charge in [0.2, 0.25) is 16.3 Å². The summed E-state index contributed by atoms with van der Waals surface area (Å²) in [7, 11) is 0. The molecule has 0 rings (SSSR count). The molecule has 0 saturated carbocycles. The van der Waals surface area contributed by atoms with Crippen molar-refractivity contribution in [2.24, 2.45) is 0 Å². The molecule has 74 valence electrons. The first-order valence-corrected chi connectivity index (χ1v) is 7.25. The van der Waals surface area contributed by atoms with Crippen LogP contribution in [0.2, 0.25) is 5.28 Å². The normalized spacial score (nSPS) is 9.42. The number of hydrogen-bond donors (Lipinski definition) is 0. The van der Waals surface area contributed by atoms with E-state index >= 15 is 0 Å². The molecule has 0 spiro atoms. The minimum atomic E-state index is -0.110. The van der Waals surface area contributed by atoms with E-state index in [4.69, 9.17) is 23.2 Å². The molecule has 0 aromatic rings. The van der Waals surface area contributed by atoms with Gasteiger partial charge in [0.1, 0.15) is 0 Å². The van der Waals surface area contributed by atoms with Crippen molar-refractivity contribution >= 4 is 39.5 Å². The lowest BCUT2D eigenvalue weighted by Gasteiger charge is -1.90. The second-order valence-electron chi connectivity index (χ2n) is 2.86. The molecule has 0 aliphatic carbocycles. The van der Waals surface area contributed by atoms with E-state index in [1.807, 2.05) is 0 Å². The Morgan fingerprint density at radius 2 is 1.33 bits per heavy atom. The Morgan fingerprint density at radius 1 is 1.00 bits per heavy atom. The van der Waals surface area contributed by atoms with Gasteiger partial charge >= 0.3 is 0 Å². The van der Waals surface area contributed by atoms with Crippen LogP contribution in [0.3, 0.4) is 0 Å². The van der Waals surface area contributed by atoms with Gasteiger partial charge in [-0.1, -0.05) is 51.2 Å². The van der Waals surface area contributed by atoms with E-state index < -0.39 is 0 Å². The molecular weight excluding hydrogens is 206 g/mol. The van der Waals surface area contributed by atoms with E-state index in [2.05, 4.69) is 13.8 Å². The van der Waals surface area contributed by atoms with Gasteiger partial charge < -0.3 is 0 Å². The van der Waals surface area contributed by atoms with Crippen molar-refractivity contribution in [3.63, 3.8) is 0 Å². The van der Waals surface area contributed by atoms with Gasteiger partial charge in [-0.25, -0.2) is 0 Å². The molecule has 0 heterocycles. The highest BCUT2D eigenvalue weighted by atomic mass is 35.5. The largest absolute Gasteiger partial charge is 0.216 e. The van der Waals surface area contributed by atoms with E-state index in [0.29, 0.717) is 0 Å². The quantitative estimate of drug-likeness (QED) is 0.380. The van der Waals surface area contributed by atoms with Crippen LogP contribution in [-0.2, 0) is 0 Å².